The Hall–Kier alpha value is -2.06. The molecule has 0 aliphatic heterocycles. The molecule has 3 aromatic heterocycles. The topological polar surface area (TPSA) is 83.6 Å². The van der Waals surface area contributed by atoms with Gasteiger partial charge in [-0.05, 0) is 11.4 Å². The second-order valence-corrected chi connectivity index (χ2v) is 5.47. The third kappa shape index (κ3) is 2.69. The van der Waals surface area contributed by atoms with Gasteiger partial charge in [0.15, 0.2) is 0 Å². The van der Waals surface area contributed by atoms with E-state index in [-0.39, 0.29) is 5.91 Å². The number of thiophene rings is 1. The van der Waals surface area contributed by atoms with E-state index in [2.05, 4.69) is 25.7 Å². The average Bonchev–Trinajstić information content (AvgIpc) is 3.14. The lowest BCUT2D eigenvalue weighted by Gasteiger charge is -1.98. The summed E-state index contributed by atoms with van der Waals surface area (Å²) in [5, 5.41) is 17.4. The predicted octanol–water partition coefficient (Wildman–Crippen LogP) is 1.92. The number of aromatic nitrogens is 4. The van der Waals surface area contributed by atoms with Crippen LogP contribution in [0.2, 0.25) is 0 Å². The van der Waals surface area contributed by atoms with Gasteiger partial charge in [0, 0.05) is 5.38 Å². The molecule has 0 spiro atoms. The minimum atomic E-state index is -0.206. The fourth-order valence-corrected chi connectivity index (χ4v) is 3.08. The Bertz CT molecular complexity index is 659. The lowest BCUT2D eigenvalue weighted by Crippen LogP contribution is -2.23. The summed E-state index contributed by atoms with van der Waals surface area (Å²) in [5.41, 5.74) is 1.11. The van der Waals surface area contributed by atoms with Gasteiger partial charge in [0.05, 0.1) is 17.6 Å². The summed E-state index contributed by atoms with van der Waals surface area (Å²) < 4.78 is 0. The maximum atomic E-state index is 11.9. The van der Waals surface area contributed by atoms with Crippen LogP contribution in [0.25, 0.3) is 9.88 Å². The molecule has 0 aliphatic rings. The number of nitrogens with one attached hydrogen (secondary N) is 2. The molecule has 6 nitrogen and oxygen atoms in total. The molecule has 3 rings (SSSR count). The summed E-state index contributed by atoms with van der Waals surface area (Å²) in [5.74, 6) is -0.206. The van der Waals surface area contributed by atoms with Gasteiger partial charge < -0.3 is 5.32 Å². The molecule has 0 aromatic carbocycles. The Morgan fingerprint density at radius 3 is 3.11 bits per heavy atom. The van der Waals surface area contributed by atoms with E-state index in [1.165, 1.54) is 11.3 Å². The van der Waals surface area contributed by atoms with Crippen LogP contribution >= 0.6 is 22.7 Å². The fraction of sp³-hybridized carbons (Fsp3) is 0.0909. The smallest absolute Gasteiger partial charge is 0.271 e. The molecule has 1 amide bonds. The standard InChI is InChI=1S/C11H9N5OS2/c17-10(12-4-7-5-13-16-15-7)8-6-19-11(14-8)9-2-1-3-18-9/h1-3,5-6H,4H2,(H,12,17)(H,13,15,16). The molecule has 0 bridgehead atoms. The van der Waals surface area contributed by atoms with E-state index in [0.29, 0.717) is 17.9 Å². The Balaban J connectivity index is 1.67. The average molecular weight is 291 g/mol. The van der Waals surface area contributed by atoms with Gasteiger partial charge in [-0.1, -0.05) is 6.07 Å². The highest BCUT2D eigenvalue weighted by molar-refractivity contribution is 7.20. The highest BCUT2D eigenvalue weighted by Gasteiger charge is 2.12. The van der Waals surface area contributed by atoms with E-state index in [0.717, 1.165) is 9.88 Å². The summed E-state index contributed by atoms with van der Waals surface area (Å²) in [7, 11) is 0. The first-order valence-corrected chi connectivity index (χ1v) is 7.21. The summed E-state index contributed by atoms with van der Waals surface area (Å²) in [6.07, 6.45) is 1.57. The number of hydrogen-bond acceptors (Lipinski definition) is 6. The molecular formula is C11H9N5OS2. The first-order valence-electron chi connectivity index (χ1n) is 5.45. The molecule has 0 atom stereocenters. The van der Waals surface area contributed by atoms with E-state index < -0.39 is 0 Å². The third-order valence-electron chi connectivity index (χ3n) is 2.36. The molecule has 3 heterocycles. The second-order valence-electron chi connectivity index (χ2n) is 3.66. The summed E-state index contributed by atoms with van der Waals surface area (Å²) in [4.78, 5) is 17.3. The zero-order chi connectivity index (χ0) is 13.1. The SMILES string of the molecule is O=C(NCc1cn[nH]n1)c1csc(-c2cccs2)n1. The van der Waals surface area contributed by atoms with Crippen LogP contribution in [0.5, 0.6) is 0 Å². The van der Waals surface area contributed by atoms with Crippen LogP contribution in [0.3, 0.4) is 0 Å². The number of nitrogens with zero attached hydrogens (tertiary/aromatic N) is 3. The van der Waals surface area contributed by atoms with Gasteiger partial charge in [0.1, 0.15) is 16.4 Å². The van der Waals surface area contributed by atoms with E-state index in [9.17, 15) is 4.79 Å². The van der Waals surface area contributed by atoms with Crippen molar-refractivity contribution >= 4 is 28.6 Å². The van der Waals surface area contributed by atoms with Crippen LogP contribution in [0, 0.1) is 0 Å². The first kappa shape index (κ1) is 12.0. The molecule has 2 N–H and O–H groups in total. The van der Waals surface area contributed by atoms with Gasteiger partial charge in [-0.3, -0.25) is 4.79 Å². The molecule has 0 fully saturated rings. The lowest BCUT2D eigenvalue weighted by molar-refractivity contribution is 0.0946. The maximum Gasteiger partial charge on any atom is 0.271 e. The summed E-state index contributed by atoms with van der Waals surface area (Å²) >= 11 is 3.07. The van der Waals surface area contributed by atoms with Crippen LogP contribution in [0.4, 0.5) is 0 Å². The molecule has 0 aliphatic carbocycles. The van der Waals surface area contributed by atoms with Crippen molar-refractivity contribution in [2.75, 3.05) is 0 Å². The first-order chi connectivity index (χ1) is 9.33. The van der Waals surface area contributed by atoms with Crippen LogP contribution in [-0.2, 0) is 6.54 Å². The van der Waals surface area contributed by atoms with Gasteiger partial charge in [-0.15, -0.1) is 22.7 Å². The summed E-state index contributed by atoms with van der Waals surface area (Å²) in [6, 6.07) is 3.95. The quantitative estimate of drug-likeness (QED) is 0.769. The Morgan fingerprint density at radius 2 is 2.37 bits per heavy atom. The Morgan fingerprint density at radius 1 is 1.42 bits per heavy atom. The van der Waals surface area contributed by atoms with Crippen molar-refractivity contribution in [1.29, 1.82) is 0 Å². The van der Waals surface area contributed by atoms with Crippen LogP contribution in [-0.4, -0.2) is 26.3 Å². The number of carbonyl (C=O) groups excluding carboxylic acids is 1. The Labute approximate surface area is 116 Å². The Kier molecular flexibility index (Phi) is 3.34. The number of thiazole rings is 1. The lowest BCUT2D eigenvalue weighted by atomic mass is 10.4. The largest absolute Gasteiger partial charge is 0.345 e. The van der Waals surface area contributed by atoms with Gasteiger partial charge in [-0.2, -0.15) is 15.4 Å². The second kappa shape index (κ2) is 5.29. The molecule has 0 radical (unpaired) electrons. The van der Waals surface area contributed by atoms with E-state index in [1.54, 1.807) is 22.9 Å². The maximum absolute atomic E-state index is 11.9. The van der Waals surface area contributed by atoms with Gasteiger partial charge in [0.25, 0.3) is 5.91 Å². The number of hydrogen-bond donors (Lipinski definition) is 2. The minimum absolute atomic E-state index is 0.206. The number of amides is 1. The zero-order valence-electron chi connectivity index (χ0n) is 9.66. The zero-order valence-corrected chi connectivity index (χ0v) is 11.3. The number of rotatable bonds is 4. The normalized spacial score (nSPS) is 10.5. The molecule has 8 heteroatoms. The van der Waals surface area contributed by atoms with Gasteiger partial charge >= 0.3 is 0 Å². The molecule has 0 unspecified atom stereocenters. The van der Waals surface area contributed by atoms with Crippen LogP contribution < -0.4 is 5.32 Å². The van der Waals surface area contributed by atoms with Crippen molar-refractivity contribution in [2.24, 2.45) is 0 Å². The monoisotopic (exact) mass is 291 g/mol. The fourth-order valence-electron chi connectivity index (χ4n) is 1.46. The van der Waals surface area contributed by atoms with Crippen LogP contribution in [0.1, 0.15) is 16.2 Å². The predicted molar refractivity (Wildman–Crippen MR) is 73.0 cm³/mol. The number of carbonyl (C=O) groups is 1. The molecular weight excluding hydrogens is 282 g/mol. The van der Waals surface area contributed by atoms with E-state index >= 15 is 0 Å². The molecule has 19 heavy (non-hydrogen) atoms. The van der Waals surface area contributed by atoms with Crippen molar-refractivity contribution in [2.45, 2.75) is 6.54 Å². The van der Waals surface area contributed by atoms with Crippen molar-refractivity contribution in [3.63, 3.8) is 0 Å². The van der Waals surface area contributed by atoms with Crippen LogP contribution in [0.15, 0.2) is 29.1 Å². The molecule has 3 aromatic rings. The molecule has 96 valence electrons. The van der Waals surface area contributed by atoms with Gasteiger partial charge in [0.2, 0.25) is 0 Å². The minimum Gasteiger partial charge on any atom is -0.345 e. The van der Waals surface area contributed by atoms with Crippen molar-refractivity contribution in [1.82, 2.24) is 25.7 Å². The highest BCUT2D eigenvalue weighted by atomic mass is 32.1. The van der Waals surface area contributed by atoms with Gasteiger partial charge in [-0.25, -0.2) is 4.98 Å². The van der Waals surface area contributed by atoms with Crippen molar-refractivity contribution < 1.29 is 4.79 Å². The van der Waals surface area contributed by atoms with Crippen molar-refractivity contribution in [3.05, 3.63) is 40.5 Å². The number of H-pyrrole nitrogens is 1. The summed E-state index contributed by atoms with van der Waals surface area (Å²) in [6.45, 7) is 0.335. The molecule has 0 saturated heterocycles. The third-order valence-corrected chi connectivity index (χ3v) is 4.25. The van der Waals surface area contributed by atoms with Crippen molar-refractivity contribution in [3.8, 4) is 9.88 Å². The molecule has 0 saturated carbocycles. The van der Waals surface area contributed by atoms with E-state index in [4.69, 9.17) is 0 Å². The highest BCUT2D eigenvalue weighted by Crippen LogP contribution is 2.27. The van der Waals surface area contributed by atoms with E-state index in [1.807, 2.05) is 17.5 Å². The number of aromatic amines is 1.